The van der Waals surface area contributed by atoms with Crippen molar-refractivity contribution in [2.45, 2.75) is 26.4 Å². The summed E-state index contributed by atoms with van der Waals surface area (Å²) in [4.78, 5) is 18.7. The van der Waals surface area contributed by atoms with Crippen LogP contribution in [0.25, 0.3) is 11.1 Å². The normalized spacial score (nSPS) is 16.4. The Bertz CT molecular complexity index is 999. The van der Waals surface area contributed by atoms with Crippen LogP contribution in [-0.2, 0) is 6.54 Å². The minimum Gasteiger partial charge on any atom is -0.491 e. The summed E-state index contributed by atoms with van der Waals surface area (Å²) in [5, 5.41) is 0. The minimum atomic E-state index is -0.287. The number of aromatic nitrogens is 1. The molecule has 0 bridgehead atoms. The van der Waals surface area contributed by atoms with Crippen molar-refractivity contribution in [3.8, 4) is 16.9 Å². The highest BCUT2D eigenvalue weighted by atomic mass is 19.1. The SMILES string of the molecule is Cc1ncoc1C(=O)N1Cc2cc(-c3cccc(F)c3)ccc2OC[C@@H]1C. The lowest BCUT2D eigenvalue weighted by atomic mass is 10.0. The van der Waals surface area contributed by atoms with Crippen molar-refractivity contribution < 1.29 is 18.3 Å². The molecular weight excluding hydrogens is 347 g/mol. The highest BCUT2D eigenvalue weighted by molar-refractivity contribution is 5.92. The molecule has 4 rings (SSSR count). The zero-order valence-electron chi connectivity index (χ0n) is 15.1. The molecule has 0 fully saturated rings. The molecule has 27 heavy (non-hydrogen) atoms. The number of carbonyl (C=O) groups excluding carboxylic acids is 1. The van der Waals surface area contributed by atoms with Gasteiger partial charge in [-0.2, -0.15) is 0 Å². The molecule has 2 heterocycles. The molecule has 0 aliphatic carbocycles. The van der Waals surface area contributed by atoms with Crippen LogP contribution in [0, 0.1) is 12.7 Å². The smallest absolute Gasteiger partial charge is 0.292 e. The average molecular weight is 366 g/mol. The van der Waals surface area contributed by atoms with Crippen molar-refractivity contribution in [3.63, 3.8) is 0 Å². The van der Waals surface area contributed by atoms with E-state index in [9.17, 15) is 9.18 Å². The van der Waals surface area contributed by atoms with Gasteiger partial charge in [-0.25, -0.2) is 9.37 Å². The second kappa shape index (κ2) is 6.87. The number of amides is 1. The average Bonchev–Trinajstić information content (AvgIpc) is 3.02. The summed E-state index contributed by atoms with van der Waals surface area (Å²) in [5.74, 6) is 0.466. The summed E-state index contributed by atoms with van der Waals surface area (Å²) < 4.78 is 24.7. The Hall–Kier alpha value is -3.15. The van der Waals surface area contributed by atoms with Gasteiger partial charge in [-0.1, -0.05) is 18.2 Å². The van der Waals surface area contributed by atoms with E-state index >= 15 is 0 Å². The van der Waals surface area contributed by atoms with Gasteiger partial charge in [0.05, 0.1) is 18.3 Å². The van der Waals surface area contributed by atoms with Crippen molar-refractivity contribution in [3.05, 3.63) is 71.7 Å². The molecule has 1 aliphatic heterocycles. The van der Waals surface area contributed by atoms with E-state index in [0.29, 0.717) is 18.8 Å². The van der Waals surface area contributed by atoms with Crippen molar-refractivity contribution in [2.24, 2.45) is 0 Å². The van der Waals surface area contributed by atoms with E-state index in [4.69, 9.17) is 9.15 Å². The lowest BCUT2D eigenvalue weighted by Gasteiger charge is -2.25. The largest absolute Gasteiger partial charge is 0.491 e. The van der Waals surface area contributed by atoms with Crippen LogP contribution in [0.1, 0.15) is 28.7 Å². The molecule has 1 aromatic heterocycles. The highest BCUT2D eigenvalue weighted by Gasteiger charge is 2.29. The van der Waals surface area contributed by atoms with Crippen LogP contribution in [0.5, 0.6) is 5.75 Å². The molecule has 5 nitrogen and oxygen atoms in total. The number of oxazole rings is 1. The van der Waals surface area contributed by atoms with E-state index in [1.54, 1.807) is 17.9 Å². The van der Waals surface area contributed by atoms with E-state index in [-0.39, 0.29) is 23.5 Å². The monoisotopic (exact) mass is 366 g/mol. The molecule has 138 valence electrons. The maximum atomic E-state index is 13.6. The molecule has 0 unspecified atom stereocenters. The standard InChI is InChI=1S/C21H19FN2O3/c1-13-11-26-19-7-6-16(15-4-3-5-18(22)9-15)8-17(19)10-24(13)21(25)20-14(2)23-12-27-20/h3-9,12-13H,10-11H2,1-2H3/t13-/m0/s1. The predicted molar refractivity (Wildman–Crippen MR) is 97.9 cm³/mol. The lowest BCUT2D eigenvalue weighted by Crippen LogP contribution is -2.40. The van der Waals surface area contributed by atoms with Crippen molar-refractivity contribution in [1.29, 1.82) is 0 Å². The zero-order chi connectivity index (χ0) is 19.0. The van der Waals surface area contributed by atoms with Gasteiger partial charge in [0, 0.05) is 5.56 Å². The number of hydrogen-bond donors (Lipinski definition) is 0. The Morgan fingerprint density at radius 1 is 1.22 bits per heavy atom. The van der Waals surface area contributed by atoms with Gasteiger partial charge in [-0.05, 0) is 49.2 Å². The van der Waals surface area contributed by atoms with Gasteiger partial charge >= 0.3 is 0 Å². The maximum absolute atomic E-state index is 13.6. The van der Waals surface area contributed by atoms with E-state index in [1.807, 2.05) is 31.2 Å². The number of rotatable bonds is 2. The Kier molecular flexibility index (Phi) is 4.39. The van der Waals surface area contributed by atoms with Crippen LogP contribution >= 0.6 is 0 Å². The lowest BCUT2D eigenvalue weighted by molar-refractivity contribution is 0.0612. The minimum absolute atomic E-state index is 0.132. The number of halogens is 1. The first-order chi connectivity index (χ1) is 13.0. The fraction of sp³-hybridized carbons (Fsp3) is 0.238. The summed E-state index contributed by atoms with van der Waals surface area (Å²) in [6.07, 6.45) is 1.28. The Morgan fingerprint density at radius 3 is 2.78 bits per heavy atom. The van der Waals surface area contributed by atoms with Gasteiger partial charge in [0.1, 0.15) is 18.2 Å². The number of nitrogens with zero attached hydrogens (tertiary/aromatic N) is 2. The molecule has 1 aliphatic rings. The van der Waals surface area contributed by atoms with Crippen LogP contribution in [0.2, 0.25) is 0 Å². The topological polar surface area (TPSA) is 55.6 Å². The number of fused-ring (bicyclic) bond motifs is 1. The third kappa shape index (κ3) is 3.30. The number of carbonyl (C=O) groups is 1. The van der Waals surface area contributed by atoms with E-state index < -0.39 is 0 Å². The molecule has 1 atom stereocenters. The highest BCUT2D eigenvalue weighted by Crippen LogP contribution is 2.31. The van der Waals surface area contributed by atoms with Crippen molar-refractivity contribution in [1.82, 2.24) is 9.88 Å². The predicted octanol–water partition coefficient (Wildman–Crippen LogP) is 4.21. The quantitative estimate of drug-likeness (QED) is 0.682. The summed E-state index contributed by atoms with van der Waals surface area (Å²) in [5.41, 5.74) is 3.08. The van der Waals surface area contributed by atoms with E-state index in [2.05, 4.69) is 4.98 Å². The molecule has 0 spiro atoms. The summed E-state index contributed by atoms with van der Waals surface area (Å²) >= 11 is 0. The first-order valence-corrected chi connectivity index (χ1v) is 8.75. The molecule has 3 aromatic rings. The summed E-state index contributed by atoms with van der Waals surface area (Å²) in [6.45, 7) is 4.43. The molecule has 6 heteroatoms. The van der Waals surface area contributed by atoms with Gasteiger partial charge in [-0.3, -0.25) is 4.79 Å². The van der Waals surface area contributed by atoms with Gasteiger partial charge in [0.2, 0.25) is 5.76 Å². The molecular formula is C21H19FN2O3. The van der Waals surface area contributed by atoms with E-state index in [1.165, 1.54) is 18.5 Å². The maximum Gasteiger partial charge on any atom is 0.292 e. The fourth-order valence-corrected chi connectivity index (χ4v) is 3.24. The van der Waals surface area contributed by atoms with Crippen molar-refractivity contribution in [2.75, 3.05) is 6.61 Å². The second-order valence-electron chi connectivity index (χ2n) is 6.69. The van der Waals surface area contributed by atoms with Crippen LogP contribution in [0.4, 0.5) is 4.39 Å². The molecule has 0 N–H and O–H groups in total. The zero-order valence-corrected chi connectivity index (χ0v) is 15.1. The van der Waals surface area contributed by atoms with Crippen LogP contribution < -0.4 is 4.74 Å². The first-order valence-electron chi connectivity index (χ1n) is 8.75. The van der Waals surface area contributed by atoms with Crippen molar-refractivity contribution >= 4 is 5.91 Å². The molecule has 1 amide bonds. The molecule has 0 saturated carbocycles. The van der Waals surface area contributed by atoms with Gasteiger partial charge in [-0.15, -0.1) is 0 Å². The van der Waals surface area contributed by atoms with Crippen LogP contribution in [0.3, 0.4) is 0 Å². The summed E-state index contributed by atoms with van der Waals surface area (Å²) in [7, 11) is 0. The molecule has 0 saturated heterocycles. The third-order valence-electron chi connectivity index (χ3n) is 4.77. The molecule has 0 radical (unpaired) electrons. The summed E-state index contributed by atoms with van der Waals surface area (Å²) in [6, 6.07) is 12.0. The number of aryl methyl sites for hydroxylation is 1. The van der Waals surface area contributed by atoms with Gasteiger partial charge in [0.25, 0.3) is 5.91 Å². The van der Waals surface area contributed by atoms with Crippen LogP contribution in [-0.4, -0.2) is 28.4 Å². The van der Waals surface area contributed by atoms with Crippen LogP contribution in [0.15, 0.2) is 53.3 Å². The Labute approximate surface area is 156 Å². The Balaban J connectivity index is 1.69. The number of hydrogen-bond acceptors (Lipinski definition) is 4. The van der Waals surface area contributed by atoms with Gasteiger partial charge in [0.15, 0.2) is 6.39 Å². The number of ether oxygens (including phenoxy) is 1. The second-order valence-corrected chi connectivity index (χ2v) is 6.69. The third-order valence-corrected chi connectivity index (χ3v) is 4.77. The first kappa shape index (κ1) is 17.3. The molecule has 2 aromatic carbocycles. The number of benzene rings is 2. The fourth-order valence-electron chi connectivity index (χ4n) is 3.24. The van der Waals surface area contributed by atoms with Gasteiger partial charge < -0.3 is 14.1 Å². The Morgan fingerprint density at radius 2 is 2.04 bits per heavy atom. The van der Waals surface area contributed by atoms with E-state index in [0.717, 1.165) is 22.4 Å².